The van der Waals surface area contributed by atoms with Crippen LogP contribution >= 0.6 is 0 Å². The predicted octanol–water partition coefficient (Wildman–Crippen LogP) is 0.633. The quantitative estimate of drug-likeness (QED) is 0.726. The van der Waals surface area contributed by atoms with E-state index in [0.717, 1.165) is 6.54 Å². The van der Waals surface area contributed by atoms with Crippen LogP contribution in [-0.2, 0) is 14.3 Å². The molecule has 1 rings (SSSR count). The molecule has 2 atom stereocenters. The molecular weight excluding hydrogens is 210 g/mol. The molecule has 0 aromatic carbocycles. The number of carboxylic acid groups (broad SMARTS) is 1. The Morgan fingerprint density at radius 2 is 2.38 bits per heavy atom. The van der Waals surface area contributed by atoms with Crippen LogP contribution < -0.4 is 5.32 Å². The number of hydrogen-bond donors (Lipinski definition) is 2. The van der Waals surface area contributed by atoms with Gasteiger partial charge in [0.05, 0.1) is 18.3 Å². The number of aliphatic carboxylic acids is 1. The second kappa shape index (κ2) is 5.61. The third-order valence-corrected chi connectivity index (χ3v) is 2.54. The van der Waals surface area contributed by atoms with Crippen LogP contribution in [0.5, 0.6) is 0 Å². The van der Waals surface area contributed by atoms with Crippen molar-refractivity contribution in [1.82, 2.24) is 5.32 Å². The smallest absolute Gasteiger partial charge is 0.332 e. The van der Waals surface area contributed by atoms with Gasteiger partial charge in [0.25, 0.3) is 0 Å². The molecule has 1 saturated heterocycles. The molecule has 1 aliphatic rings. The van der Waals surface area contributed by atoms with Gasteiger partial charge in [-0.05, 0) is 20.3 Å². The average molecular weight is 231 g/mol. The van der Waals surface area contributed by atoms with Crippen molar-refractivity contribution < 1.29 is 19.4 Å². The van der Waals surface area contributed by atoms with E-state index in [9.17, 15) is 4.79 Å². The first kappa shape index (κ1) is 13.4. The van der Waals surface area contributed by atoms with Crippen LogP contribution in [0.4, 0.5) is 0 Å². The Bertz CT molecular complexity index is 242. The molecule has 1 aliphatic heterocycles. The highest BCUT2D eigenvalue weighted by molar-refractivity contribution is 5.72. The van der Waals surface area contributed by atoms with Gasteiger partial charge < -0.3 is 19.9 Å². The number of nitrogens with one attached hydrogen (secondary N) is 1. The molecule has 0 amide bonds. The van der Waals surface area contributed by atoms with Gasteiger partial charge in [-0.3, -0.25) is 0 Å². The molecule has 0 spiro atoms. The average Bonchev–Trinajstić information content (AvgIpc) is 2.16. The van der Waals surface area contributed by atoms with Gasteiger partial charge >= 0.3 is 5.97 Å². The van der Waals surface area contributed by atoms with Crippen molar-refractivity contribution >= 4 is 5.97 Å². The molecule has 0 saturated carbocycles. The van der Waals surface area contributed by atoms with Gasteiger partial charge in [-0.25, -0.2) is 4.79 Å². The van der Waals surface area contributed by atoms with Crippen molar-refractivity contribution in [3.05, 3.63) is 0 Å². The van der Waals surface area contributed by atoms with Crippen LogP contribution in [0.1, 0.15) is 27.2 Å². The summed E-state index contributed by atoms with van der Waals surface area (Å²) in [4.78, 5) is 10.7. The second-order valence-corrected chi connectivity index (χ2v) is 4.70. The minimum absolute atomic E-state index is 0.0721. The lowest BCUT2D eigenvalue weighted by atomic mass is 10.1. The Balaban J connectivity index is 2.34. The maximum atomic E-state index is 10.7. The van der Waals surface area contributed by atoms with Crippen molar-refractivity contribution in [3.8, 4) is 0 Å². The summed E-state index contributed by atoms with van der Waals surface area (Å²) in [6.45, 7) is 7.63. The van der Waals surface area contributed by atoms with Crippen LogP contribution in [0.25, 0.3) is 0 Å². The monoisotopic (exact) mass is 231 g/mol. The van der Waals surface area contributed by atoms with Crippen LogP contribution in [0.2, 0.25) is 0 Å². The highest BCUT2D eigenvalue weighted by Gasteiger charge is 2.29. The second-order valence-electron chi connectivity index (χ2n) is 4.70. The molecule has 5 heteroatoms. The Kier molecular flexibility index (Phi) is 4.70. The minimum atomic E-state index is -0.912. The maximum Gasteiger partial charge on any atom is 0.332 e. The van der Waals surface area contributed by atoms with Crippen LogP contribution in [0, 0.1) is 0 Å². The molecule has 0 radical (unpaired) electrons. The van der Waals surface area contributed by atoms with Crippen LogP contribution in [0.15, 0.2) is 0 Å². The van der Waals surface area contributed by atoms with Crippen molar-refractivity contribution in [2.24, 2.45) is 0 Å². The predicted molar refractivity (Wildman–Crippen MR) is 59.5 cm³/mol. The molecule has 5 nitrogen and oxygen atoms in total. The van der Waals surface area contributed by atoms with Crippen LogP contribution in [-0.4, -0.2) is 48.6 Å². The molecule has 0 aromatic rings. The van der Waals surface area contributed by atoms with Gasteiger partial charge in [-0.1, -0.05) is 6.92 Å². The van der Waals surface area contributed by atoms with Gasteiger partial charge in [0.2, 0.25) is 0 Å². The third-order valence-electron chi connectivity index (χ3n) is 2.54. The number of ether oxygens (including phenoxy) is 2. The van der Waals surface area contributed by atoms with E-state index in [-0.39, 0.29) is 11.7 Å². The maximum absolute atomic E-state index is 10.7. The van der Waals surface area contributed by atoms with E-state index in [2.05, 4.69) is 5.32 Å². The SMILES string of the molecule is CCC(OCC1CNCC(C)(C)O1)C(=O)O. The lowest BCUT2D eigenvalue weighted by Gasteiger charge is -2.36. The van der Waals surface area contributed by atoms with Crippen molar-refractivity contribution in [2.75, 3.05) is 19.7 Å². The fourth-order valence-corrected chi connectivity index (χ4v) is 1.75. The first-order valence-electron chi connectivity index (χ1n) is 5.67. The topological polar surface area (TPSA) is 67.8 Å². The normalized spacial score (nSPS) is 26.3. The largest absolute Gasteiger partial charge is 0.479 e. The zero-order valence-corrected chi connectivity index (χ0v) is 10.2. The van der Waals surface area contributed by atoms with Gasteiger partial charge in [0.15, 0.2) is 6.10 Å². The lowest BCUT2D eigenvalue weighted by molar-refractivity contribution is -0.160. The van der Waals surface area contributed by atoms with E-state index in [1.54, 1.807) is 6.92 Å². The fourth-order valence-electron chi connectivity index (χ4n) is 1.75. The first-order valence-corrected chi connectivity index (χ1v) is 5.67. The molecule has 0 bridgehead atoms. The summed E-state index contributed by atoms with van der Waals surface area (Å²) >= 11 is 0. The number of carbonyl (C=O) groups is 1. The molecule has 94 valence electrons. The zero-order chi connectivity index (χ0) is 12.2. The molecule has 2 N–H and O–H groups in total. The summed E-state index contributed by atoms with van der Waals surface area (Å²) in [5.74, 6) is -0.912. The highest BCUT2D eigenvalue weighted by Crippen LogP contribution is 2.16. The third kappa shape index (κ3) is 4.08. The highest BCUT2D eigenvalue weighted by atomic mass is 16.6. The zero-order valence-electron chi connectivity index (χ0n) is 10.2. The number of hydrogen-bond acceptors (Lipinski definition) is 4. The van der Waals surface area contributed by atoms with Crippen molar-refractivity contribution in [3.63, 3.8) is 0 Å². The summed E-state index contributed by atoms with van der Waals surface area (Å²) in [5, 5.41) is 12.1. The lowest BCUT2D eigenvalue weighted by Crippen LogP contribution is -2.52. The van der Waals surface area contributed by atoms with E-state index < -0.39 is 12.1 Å². The first-order chi connectivity index (χ1) is 7.44. The Morgan fingerprint density at radius 3 is 2.88 bits per heavy atom. The van der Waals surface area contributed by atoms with Gasteiger partial charge in [0, 0.05) is 13.1 Å². The van der Waals surface area contributed by atoms with Gasteiger partial charge in [-0.15, -0.1) is 0 Å². The fraction of sp³-hybridized carbons (Fsp3) is 0.909. The molecule has 1 heterocycles. The minimum Gasteiger partial charge on any atom is -0.479 e. The van der Waals surface area contributed by atoms with Crippen molar-refractivity contribution in [1.29, 1.82) is 0 Å². The van der Waals surface area contributed by atoms with Gasteiger partial charge in [-0.2, -0.15) is 0 Å². The van der Waals surface area contributed by atoms with E-state index in [1.807, 2.05) is 13.8 Å². The summed E-state index contributed by atoms with van der Waals surface area (Å²) in [6.07, 6.45) is -0.329. The molecule has 0 aliphatic carbocycles. The molecule has 16 heavy (non-hydrogen) atoms. The van der Waals surface area contributed by atoms with Crippen LogP contribution in [0.3, 0.4) is 0 Å². The standard InChI is InChI=1S/C11H21NO4/c1-4-9(10(13)14)15-6-8-5-12-7-11(2,3)16-8/h8-9,12H,4-7H2,1-3H3,(H,13,14). The summed E-state index contributed by atoms with van der Waals surface area (Å²) in [5.41, 5.74) is -0.211. The van der Waals surface area contributed by atoms with E-state index >= 15 is 0 Å². The Morgan fingerprint density at radius 1 is 1.69 bits per heavy atom. The van der Waals surface area contributed by atoms with E-state index in [4.69, 9.17) is 14.6 Å². The molecular formula is C11H21NO4. The van der Waals surface area contributed by atoms with Gasteiger partial charge in [0.1, 0.15) is 0 Å². The molecule has 2 unspecified atom stereocenters. The number of carboxylic acids is 1. The van der Waals surface area contributed by atoms with E-state index in [1.165, 1.54) is 0 Å². The summed E-state index contributed by atoms with van der Waals surface area (Å²) in [6, 6.07) is 0. The van der Waals surface area contributed by atoms with E-state index in [0.29, 0.717) is 19.6 Å². The van der Waals surface area contributed by atoms with Crippen molar-refractivity contribution in [2.45, 2.75) is 45.0 Å². The summed E-state index contributed by atoms with van der Waals surface area (Å²) < 4.78 is 11.1. The Hall–Kier alpha value is -0.650. The Labute approximate surface area is 96.1 Å². The molecule has 0 aromatic heterocycles. The summed E-state index contributed by atoms with van der Waals surface area (Å²) in [7, 11) is 0. The number of rotatable bonds is 5. The number of morpholine rings is 1. The molecule has 1 fully saturated rings.